The maximum Gasteiger partial charge on any atom is 0.213 e. The summed E-state index contributed by atoms with van der Waals surface area (Å²) in [7, 11) is 0. The number of nitrogens with zero attached hydrogens (tertiary/aromatic N) is 2. The van der Waals surface area contributed by atoms with Gasteiger partial charge < -0.3 is 9.32 Å². The van der Waals surface area contributed by atoms with E-state index in [-0.39, 0.29) is 5.41 Å². The lowest BCUT2D eigenvalue weighted by Gasteiger charge is -2.26. The van der Waals surface area contributed by atoms with Gasteiger partial charge in [0.2, 0.25) is 5.71 Å². The maximum atomic E-state index is 6.73. The average molecular weight is 765 g/mol. The predicted octanol–water partition coefficient (Wildman–Crippen LogP) is 16.0. The molecule has 3 heterocycles. The number of anilines is 3. The molecule has 0 aliphatic carbocycles. The van der Waals surface area contributed by atoms with Crippen LogP contribution in [0.2, 0.25) is 0 Å². The lowest BCUT2D eigenvalue weighted by molar-refractivity contribution is 0.591. The van der Waals surface area contributed by atoms with Crippen LogP contribution < -0.4 is 4.90 Å². The van der Waals surface area contributed by atoms with Gasteiger partial charge in [0.05, 0.1) is 10.9 Å². The Morgan fingerprint density at radius 1 is 0.466 bits per heavy atom. The topological polar surface area (TPSA) is 21.3 Å². The number of hydrogen-bond donors (Lipinski definition) is 0. The molecule has 8 aromatic carbocycles. The van der Waals surface area contributed by atoms with Crippen LogP contribution in [0.25, 0.3) is 81.1 Å². The molecule has 0 fully saturated rings. The fourth-order valence-electron chi connectivity index (χ4n) is 8.56. The number of fused-ring (bicyclic) bond motifs is 8. The Morgan fingerprint density at radius 3 is 1.79 bits per heavy atom. The normalized spacial score (nSPS) is 12.1. The second kappa shape index (κ2) is 13.4. The van der Waals surface area contributed by atoms with E-state index in [4.69, 9.17) is 4.42 Å². The Hall–Kier alpha value is -6.88. The van der Waals surface area contributed by atoms with Gasteiger partial charge in [-0.2, -0.15) is 0 Å². The first-order chi connectivity index (χ1) is 28.4. The van der Waals surface area contributed by atoms with Crippen LogP contribution in [-0.4, -0.2) is 4.57 Å². The van der Waals surface area contributed by atoms with Gasteiger partial charge in [0.25, 0.3) is 0 Å². The minimum Gasteiger partial charge on any atom is -0.439 e. The fourth-order valence-corrected chi connectivity index (χ4v) is 9.70. The molecule has 0 saturated carbocycles. The molecule has 0 aliphatic heterocycles. The minimum absolute atomic E-state index is 0.0171. The van der Waals surface area contributed by atoms with Crippen molar-refractivity contribution >= 4 is 81.5 Å². The molecule has 0 bridgehead atoms. The van der Waals surface area contributed by atoms with Crippen LogP contribution in [0.3, 0.4) is 0 Å². The van der Waals surface area contributed by atoms with Crippen LogP contribution in [0.4, 0.5) is 17.1 Å². The Bertz CT molecular complexity index is 3290. The Labute approximate surface area is 341 Å². The largest absolute Gasteiger partial charge is 0.439 e. The number of thiophene rings is 1. The van der Waals surface area contributed by atoms with Crippen LogP contribution >= 0.6 is 11.3 Å². The van der Waals surface area contributed by atoms with Crippen molar-refractivity contribution in [1.82, 2.24) is 4.57 Å². The van der Waals surface area contributed by atoms with Gasteiger partial charge in [0.15, 0.2) is 0 Å². The van der Waals surface area contributed by atoms with Gasteiger partial charge in [0.1, 0.15) is 5.58 Å². The number of furan rings is 1. The van der Waals surface area contributed by atoms with E-state index in [9.17, 15) is 0 Å². The third kappa shape index (κ3) is 5.71. The van der Waals surface area contributed by atoms with Gasteiger partial charge in [-0.25, -0.2) is 0 Å². The van der Waals surface area contributed by atoms with Crippen molar-refractivity contribution in [3.63, 3.8) is 0 Å². The summed E-state index contributed by atoms with van der Waals surface area (Å²) in [6, 6.07) is 68.1. The lowest BCUT2D eigenvalue weighted by atomic mass is 9.86. The van der Waals surface area contributed by atoms with E-state index in [1.807, 2.05) is 11.3 Å². The van der Waals surface area contributed by atoms with E-state index in [1.165, 1.54) is 42.2 Å². The molecule has 11 aromatic rings. The van der Waals surface area contributed by atoms with Crippen molar-refractivity contribution in [1.29, 1.82) is 0 Å². The van der Waals surface area contributed by atoms with E-state index in [1.54, 1.807) is 0 Å². The Balaban J connectivity index is 1.03. The van der Waals surface area contributed by atoms with Crippen molar-refractivity contribution in [2.75, 3.05) is 4.90 Å². The summed E-state index contributed by atoms with van der Waals surface area (Å²) in [4.78, 5) is 2.37. The third-order valence-corrected chi connectivity index (χ3v) is 12.7. The number of rotatable bonds is 6. The van der Waals surface area contributed by atoms with Gasteiger partial charge in [-0.05, 0) is 112 Å². The van der Waals surface area contributed by atoms with E-state index in [0.717, 1.165) is 61.5 Å². The summed E-state index contributed by atoms with van der Waals surface area (Å²) < 4.78 is 11.6. The fraction of sp³-hybridized carbons (Fsp3) is 0.0741. The summed E-state index contributed by atoms with van der Waals surface area (Å²) in [6.07, 6.45) is 0. The standard InChI is InChI=1S/C54H40N2OS/c1-54(2,3)39-23-30-48-46(33-39)52-47-32-38(22-31-49(47)57-53(52)56(48)40-14-8-5-9-15-40)37-20-26-42(27-21-37)55(41-24-18-36(19-25-41)35-12-6-4-7-13-35)43-28-29-45-44-16-10-11-17-50(44)58-51(45)34-43/h4-34H,1-3H3. The second-order valence-corrected chi connectivity index (χ2v) is 17.3. The monoisotopic (exact) mass is 764 g/mol. The molecule has 0 spiro atoms. The molecule has 3 nitrogen and oxygen atoms in total. The van der Waals surface area contributed by atoms with Crippen molar-refractivity contribution < 1.29 is 4.42 Å². The van der Waals surface area contributed by atoms with Crippen LogP contribution in [0.15, 0.2) is 192 Å². The molecule has 0 saturated heterocycles. The van der Waals surface area contributed by atoms with Crippen molar-refractivity contribution in [2.24, 2.45) is 0 Å². The van der Waals surface area contributed by atoms with Gasteiger partial charge >= 0.3 is 0 Å². The number of aromatic nitrogens is 1. The molecule has 0 amide bonds. The average Bonchev–Trinajstić information content (AvgIpc) is 3.92. The second-order valence-electron chi connectivity index (χ2n) is 16.2. The molecule has 278 valence electrons. The molecule has 4 heteroatoms. The molecular formula is C54H40N2OS. The first kappa shape index (κ1) is 34.4. The van der Waals surface area contributed by atoms with Crippen LogP contribution in [0.5, 0.6) is 0 Å². The first-order valence-corrected chi connectivity index (χ1v) is 20.7. The van der Waals surface area contributed by atoms with Gasteiger partial charge in [-0.15, -0.1) is 11.3 Å². The van der Waals surface area contributed by atoms with Crippen molar-refractivity contribution in [3.05, 3.63) is 194 Å². The predicted molar refractivity (Wildman–Crippen MR) is 248 cm³/mol. The summed E-state index contributed by atoms with van der Waals surface area (Å²) >= 11 is 1.85. The van der Waals surface area contributed by atoms with Crippen LogP contribution in [-0.2, 0) is 5.41 Å². The first-order valence-electron chi connectivity index (χ1n) is 19.9. The molecule has 11 rings (SSSR count). The summed E-state index contributed by atoms with van der Waals surface area (Å²) in [5, 5.41) is 6.09. The molecule has 0 unspecified atom stereocenters. The Morgan fingerprint density at radius 2 is 1.07 bits per heavy atom. The quantitative estimate of drug-likeness (QED) is 0.168. The summed E-state index contributed by atoms with van der Waals surface area (Å²) in [5.41, 5.74) is 13.4. The van der Waals surface area contributed by atoms with Crippen molar-refractivity contribution in [3.8, 4) is 27.9 Å². The minimum atomic E-state index is 0.0171. The van der Waals surface area contributed by atoms with Gasteiger partial charge in [-0.3, -0.25) is 4.57 Å². The molecular weight excluding hydrogens is 725 g/mol. The highest BCUT2D eigenvalue weighted by Crippen LogP contribution is 2.44. The van der Waals surface area contributed by atoms with Crippen LogP contribution in [0, 0.1) is 0 Å². The zero-order chi connectivity index (χ0) is 39.0. The summed E-state index contributed by atoms with van der Waals surface area (Å²) in [5.74, 6) is 0. The number of para-hydroxylation sites is 1. The summed E-state index contributed by atoms with van der Waals surface area (Å²) in [6.45, 7) is 6.83. The van der Waals surface area contributed by atoms with Gasteiger partial charge in [0, 0.05) is 53.7 Å². The highest BCUT2D eigenvalue weighted by molar-refractivity contribution is 7.25. The van der Waals surface area contributed by atoms with Crippen molar-refractivity contribution in [2.45, 2.75) is 26.2 Å². The zero-order valence-corrected chi connectivity index (χ0v) is 33.4. The Kier molecular flexibility index (Phi) is 7.92. The third-order valence-electron chi connectivity index (χ3n) is 11.6. The van der Waals surface area contributed by atoms with E-state index in [0.29, 0.717) is 0 Å². The molecule has 58 heavy (non-hydrogen) atoms. The van der Waals surface area contributed by atoms with E-state index >= 15 is 0 Å². The highest BCUT2D eigenvalue weighted by atomic mass is 32.1. The molecule has 0 aliphatic rings. The van der Waals surface area contributed by atoms with E-state index < -0.39 is 0 Å². The van der Waals surface area contributed by atoms with E-state index in [2.05, 4.69) is 218 Å². The SMILES string of the molecule is CC(C)(C)c1ccc2c(c1)c1c3cc(-c4ccc(N(c5ccc(-c6ccccc6)cc5)c5ccc6c(c5)sc5ccccc56)cc4)ccc3oc1n2-c1ccccc1. The number of hydrogen-bond acceptors (Lipinski definition) is 3. The highest BCUT2D eigenvalue weighted by Gasteiger charge is 2.23. The maximum absolute atomic E-state index is 6.73. The molecule has 0 radical (unpaired) electrons. The zero-order valence-electron chi connectivity index (χ0n) is 32.6. The lowest BCUT2D eigenvalue weighted by Crippen LogP contribution is -2.10. The van der Waals surface area contributed by atoms with Crippen LogP contribution in [0.1, 0.15) is 26.3 Å². The molecule has 0 atom stereocenters. The number of benzene rings is 8. The van der Waals surface area contributed by atoms with Gasteiger partial charge in [-0.1, -0.05) is 130 Å². The smallest absolute Gasteiger partial charge is 0.213 e. The molecule has 0 N–H and O–H groups in total. The molecule has 3 aromatic heterocycles.